The standard InChI is InChI=1S/C15H20ClNO2/c1-10-8-13(9-11(2)14(10)16)19-12(3)15(18)17-6-4-5-7-17/h8-9,12H,4-7H2,1-3H3. The molecule has 1 atom stereocenters. The Morgan fingerprint density at radius 2 is 1.79 bits per heavy atom. The van der Waals surface area contributed by atoms with Crippen LogP contribution in [0.2, 0.25) is 5.02 Å². The monoisotopic (exact) mass is 281 g/mol. The molecule has 1 aromatic rings. The Kier molecular flexibility index (Phi) is 4.35. The van der Waals surface area contributed by atoms with Crippen molar-refractivity contribution < 1.29 is 9.53 Å². The summed E-state index contributed by atoms with van der Waals surface area (Å²) in [5.41, 5.74) is 1.94. The summed E-state index contributed by atoms with van der Waals surface area (Å²) in [6.45, 7) is 7.39. The van der Waals surface area contributed by atoms with Gasteiger partial charge in [0, 0.05) is 18.1 Å². The number of hydrogen-bond donors (Lipinski definition) is 0. The number of carbonyl (C=O) groups is 1. The molecule has 1 aromatic carbocycles. The molecule has 1 aliphatic heterocycles. The number of rotatable bonds is 3. The molecular formula is C15H20ClNO2. The third-order valence-corrected chi connectivity index (χ3v) is 4.08. The molecule has 0 aliphatic carbocycles. The van der Waals surface area contributed by atoms with Gasteiger partial charge in [-0.05, 0) is 56.9 Å². The quantitative estimate of drug-likeness (QED) is 0.850. The Hall–Kier alpha value is -1.22. The number of carbonyl (C=O) groups excluding carboxylic acids is 1. The van der Waals surface area contributed by atoms with Gasteiger partial charge in [0.15, 0.2) is 6.10 Å². The van der Waals surface area contributed by atoms with Crippen molar-refractivity contribution in [3.05, 3.63) is 28.3 Å². The van der Waals surface area contributed by atoms with Gasteiger partial charge in [-0.1, -0.05) is 11.6 Å². The minimum atomic E-state index is -0.446. The van der Waals surface area contributed by atoms with Crippen LogP contribution in [0.4, 0.5) is 0 Å². The molecular weight excluding hydrogens is 262 g/mol. The first-order chi connectivity index (χ1) is 8.99. The number of nitrogens with zero attached hydrogens (tertiary/aromatic N) is 1. The fraction of sp³-hybridized carbons (Fsp3) is 0.533. The lowest BCUT2D eigenvalue weighted by Gasteiger charge is -2.21. The maximum absolute atomic E-state index is 12.2. The van der Waals surface area contributed by atoms with Gasteiger partial charge in [-0.2, -0.15) is 0 Å². The first kappa shape index (κ1) is 14.2. The van der Waals surface area contributed by atoms with E-state index in [0.717, 1.165) is 42.1 Å². The summed E-state index contributed by atoms with van der Waals surface area (Å²) < 4.78 is 5.76. The van der Waals surface area contributed by atoms with E-state index in [1.54, 1.807) is 6.92 Å². The van der Waals surface area contributed by atoms with Crippen molar-refractivity contribution in [2.24, 2.45) is 0 Å². The zero-order chi connectivity index (χ0) is 14.0. The molecule has 2 rings (SSSR count). The fourth-order valence-electron chi connectivity index (χ4n) is 2.42. The summed E-state index contributed by atoms with van der Waals surface area (Å²) in [6, 6.07) is 3.76. The maximum atomic E-state index is 12.2. The van der Waals surface area contributed by atoms with Crippen LogP contribution >= 0.6 is 11.6 Å². The third-order valence-electron chi connectivity index (χ3n) is 3.49. The molecule has 0 bridgehead atoms. The number of aryl methyl sites for hydroxylation is 2. The Bertz CT molecular complexity index is 458. The Morgan fingerprint density at radius 3 is 2.32 bits per heavy atom. The second-order valence-corrected chi connectivity index (χ2v) is 5.54. The molecule has 19 heavy (non-hydrogen) atoms. The van der Waals surface area contributed by atoms with E-state index in [2.05, 4.69) is 0 Å². The Labute approximate surface area is 119 Å². The number of amides is 1. The lowest BCUT2D eigenvalue weighted by atomic mass is 10.1. The number of ether oxygens (including phenoxy) is 1. The predicted molar refractivity (Wildman–Crippen MR) is 76.8 cm³/mol. The van der Waals surface area contributed by atoms with E-state index in [1.807, 2.05) is 30.9 Å². The normalized spacial score (nSPS) is 16.5. The average molecular weight is 282 g/mol. The maximum Gasteiger partial charge on any atom is 0.263 e. The van der Waals surface area contributed by atoms with E-state index in [1.165, 1.54) is 0 Å². The molecule has 0 radical (unpaired) electrons. The molecule has 1 saturated heterocycles. The van der Waals surface area contributed by atoms with Crippen molar-refractivity contribution >= 4 is 17.5 Å². The smallest absolute Gasteiger partial charge is 0.263 e. The molecule has 1 unspecified atom stereocenters. The summed E-state index contributed by atoms with van der Waals surface area (Å²) >= 11 is 6.12. The minimum absolute atomic E-state index is 0.0720. The van der Waals surface area contributed by atoms with E-state index in [9.17, 15) is 4.79 Å². The lowest BCUT2D eigenvalue weighted by molar-refractivity contribution is -0.136. The number of halogens is 1. The van der Waals surface area contributed by atoms with Crippen LogP contribution in [0.1, 0.15) is 30.9 Å². The Morgan fingerprint density at radius 1 is 1.26 bits per heavy atom. The van der Waals surface area contributed by atoms with Crippen LogP contribution in [0.15, 0.2) is 12.1 Å². The van der Waals surface area contributed by atoms with Crippen molar-refractivity contribution in [3.63, 3.8) is 0 Å². The van der Waals surface area contributed by atoms with Crippen LogP contribution < -0.4 is 4.74 Å². The van der Waals surface area contributed by atoms with Crippen LogP contribution in [0.5, 0.6) is 5.75 Å². The minimum Gasteiger partial charge on any atom is -0.481 e. The van der Waals surface area contributed by atoms with Crippen molar-refractivity contribution in [3.8, 4) is 5.75 Å². The van der Waals surface area contributed by atoms with Gasteiger partial charge in [0.2, 0.25) is 0 Å². The molecule has 104 valence electrons. The van der Waals surface area contributed by atoms with Gasteiger partial charge in [-0.3, -0.25) is 4.79 Å². The van der Waals surface area contributed by atoms with Gasteiger partial charge in [-0.15, -0.1) is 0 Å². The lowest BCUT2D eigenvalue weighted by Crippen LogP contribution is -2.38. The molecule has 1 aliphatic rings. The topological polar surface area (TPSA) is 29.5 Å². The van der Waals surface area contributed by atoms with Gasteiger partial charge in [0.1, 0.15) is 5.75 Å². The van der Waals surface area contributed by atoms with E-state index < -0.39 is 6.10 Å². The highest BCUT2D eigenvalue weighted by atomic mass is 35.5. The van der Waals surface area contributed by atoms with Crippen molar-refractivity contribution in [1.29, 1.82) is 0 Å². The first-order valence-electron chi connectivity index (χ1n) is 6.71. The molecule has 1 fully saturated rings. The van der Waals surface area contributed by atoms with Crippen molar-refractivity contribution in [2.45, 2.75) is 39.7 Å². The zero-order valence-corrected chi connectivity index (χ0v) is 12.5. The molecule has 3 nitrogen and oxygen atoms in total. The van der Waals surface area contributed by atoms with Crippen LogP contribution in [-0.2, 0) is 4.79 Å². The van der Waals surface area contributed by atoms with Gasteiger partial charge in [0.05, 0.1) is 0 Å². The van der Waals surface area contributed by atoms with Crippen LogP contribution in [-0.4, -0.2) is 30.0 Å². The summed E-state index contributed by atoms with van der Waals surface area (Å²) in [5.74, 6) is 0.780. The molecule has 0 spiro atoms. The highest BCUT2D eigenvalue weighted by molar-refractivity contribution is 6.32. The largest absolute Gasteiger partial charge is 0.481 e. The number of benzene rings is 1. The average Bonchev–Trinajstić information content (AvgIpc) is 2.88. The van der Waals surface area contributed by atoms with Gasteiger partial charge in [-0.25, -0.2) is 0 Å². The fourth-order valence-corrected chi connectivity index (χ4v) is 2.53. The summed E-state index contributed by atoms with van der Waals surface area (Å²) in [5, 5.41) is 0.755. The number of hydrogen-bond acceptors (Lipinski definition) is 2. The molecule has 1 heterocycles. The zero-order valence-electron chi connectivity index (χ0n) is 11.7. The molecule has 0 aromatic heterocycles. The van der Waals surface area contributed by atoms with Crippen LogP contribution in [0.25, 0.3) is 0 Å². The summed E-state index contributed by atoms with van der Waals surface area (Å²) in [6.07, 6.45) is 1.74. The second-order valence-electron chi connectivity index (χ2n) is 5.16. The van der Waals surface area contributed by atoms with E-state index in [4.69, 9.17) is 16.3 Å². The van der Waals surface area contributed by atoms with E-state index >= 15 is 0 Å². The molecule has 1 amide bonds. The highest BCUT2D eigenvalue weighted by Gasteiger charge is 2.24. The second kappa shape index (κ2) is 5.83. The first-order valence-corrected chi connectivity index (χ1v) is 7.09. The Balaban J connectivity index is 2.06. The van der Waals surface area contributed by atoms with Crippen molar-refractivity contribution in [2.75, 3.05) is 13.1 Å². The van der Waals surface area contributed by atoms with Crippen molar-refractivity contribution in [1.82, 2.24) is 4.90 Å². The van der Waals surface area contributed by atoms with Gasteiger partial charge in [0.25, 0.3) is 5.91 Å². The van der Waals surface area contributed by atoms with Gasteiger partial charge >= 0.3 is 0 Å². The third kappa shape index (κ3) is 3.21. The van der Waals surface area contributed by atoms with E-state index in [0.29, 0.717) is 5.75 Å². The summed E-state index contributed by atoms with van der Waals surface area (Å²) in [7, 11) is 0. The predicted octanol–water partition coefficient (Wildman–Crippen LogP) is 3.35. The molecule has 0 saturated carbocycles. The van der Waals surface area contributed by atoms with E-state index in [-0.39, 0.29) is 5.91 Å². The number of likely N-dealkylation sites (tertiary alicyclic amines) is 1. The molecule has 0 N–H and O–H groups in total. The van der Waals surface area contributed by atoms with Crippen LogP contribution in [0.3, 0.4) is 0 Å². The highest BCUT2D eigenvalue weighted by Crippen LogP contribution is 2.26. The SMILES string of the molecule is Cc1cc(OC(C)C(=O)N2CCCC2)cc(C)c1Cl. The summed E-state index contributed by atoms with van der Waals surface area (Å²) in [4.78, 5) is 14.0. The molecule has 4 heteroatoms. The van der Waals surface area contributed by atoms with Gasteiger partial charge < -0.3 is 9.64 Å². The van der Waals surface area contributed by atoms with Crippen LogP contribution in [0, 0.1) is 13.8 Å².